The summed E-state index contributed by atoms with van der Waals surface area (Å²) in [5.74, 6) is 0.582. The molecule has 1 fully saturated rings. The van der Waals surface area contributed by atoms with Crippen molar-refractivity contribution in [3.05, 3.63) is 58.6 Å². The van der Waals surface area contributed by atoms with Crippen molar-refractivity contribution in [3.8, 4) is 0 Å². The number of ketones is 1. The first-order valence-electron chi connectivity index (χ1n) is 9.74. The van der Waals surface area contributed by atoms with Gasteiger partial charge in [0, 0.05) is 28.4 Å². The maximum Gasteiger partial charge on any atom is 0.182 e. The van der Waals surface area contributed by atoms with E-state index in [2.05, 4.69) is 30.9 Å². The largest absolute Gasteiger partial charge is 0.379 e. The van der Waals surface area contributed by atoms with E-state index in [1.54, 1.807) is 11.8 Å². The first-order chi connectivity index (χ1) is 13.3. The Morgan fingerprint density at radius 2 is 1.86 bits per heavy atom. The number of halogens is 1. The number of nitrogens with zero attached hydrogens (tertiary/aromatic N) is 1. The number of rotatable bonds is 6. The Morgan fingerprint density at radius 1 is 1.14 bits per heavy atom. The summed E-state index contributed by atoms with van der Waals surface area (Å²) in [5, 5.41) is 0.751. The fourth-order valence-electron chi connectivity index (χ4n) is 3.41. The van der Waals surface area contributed by atoms with Crippen molar-refractivity contribution in [2.75, 3.05) is 26.3 Å². The van der Waals surface area contributed by atoms with E-state index >= 15 is 0 Å². The summed E-state index contributed by atoms with van der Waals surface area (Å²) in [6.07, 6.45) is 0. The molecule has 0 radical (unpaired) electrons. The molecule has 28 heavy (non-hydrogen) atoms. The van der Waals surface area contributed by atoms with Gasteiger partial charge in [0.1, 0.15) is 0 Å². The first-order valence-corrected chi connectivity index (χ1v) is 10.9. The van der Waals surface area contributed by atoms with Gasteiger partial charge in [-0.3, -0.25) is 9.69 Å². The summed E-state index contributed by atoms with van der Waals surface area (Å²) in [6.45, 7) is 11.2. The maximum absolute atomic E-state index is 13.2. The Balaban J connectivity index is 1.79. The van der Waals surface area contributed by atoms with Gasteiger partial charge in [-0.1, -0.05) is 55.4 Å². The Hall–Kier alpha value is -1.33. The predicted octanol–water partition coefficient (Wildman–Crippen LogP) is 5.91. The SMILES string of the molecule is CC(C)c1ccc(Sc2cccc(C(=O)C(C)(C)N3CCOCC3)c2)c(Cl)c1. The van der Waals surface area contributed by atoms with Crippen molar-refractivity contribution in [1.29, 1.82) is 0 Å². The zero-order chi connectivity index (χ0) is 20.3. The fraction of sp³-hybridized carbons (Fsp3) is 0.435. The minimum atomic E-state index is -0.552. The van der Waals surface area contributed by atoms with Crippen LogP contribution in [0.25, 0.3) is 0 Å². The molecule has 1 heterocycles. The molecule has 5 heteroatoms. The molecule has 0 atom stereocenters. The normalized spacial score (nSPS) is 15.8. The molecular formula is C23H28ClNO2S. The van der Waals surface area contributed by atoms with E-state index in [4.69, 9.17) is 16.3 Å². The quantitative estimate of drug-likeness (QED) is 0.546. The molecule has 1 aliphatic heterocycles. The maximum atomic E-state index is 13.2. The molecule has 150 valence electrons. The summed E-state index contributed by atoms with van der Waals surface area (Å²) in [6, 6.07) is 14.1. The molecule has 0 amide bonds. The van der Waals surface area contributed by atoms with Crippen LogP contribution >= 0.6 is 23.4 Å². The van der Waals surface area contributed by atoms with Crippen LogP contribution in [0.1, 0.15) is 49.5 Å². The Morgan fingerprint density at radius 3 is 2.50 bits per heavy atom. The molecule has 0 bridgehead atoms. The molecule has 2 aromatic rings. The fourth-order valence-corrected chi connectivity index (χ4v) is 4.59. The van der Waals surface area contributed by atoms with Crippen molar-refractivity contribution in [2.45, 2.75) is 48.9 Å². The molecule has 2 aromatic carbocycles. The van der Waals surface area contributed by atoms with Crippen molar-refractivity contribution in [3.63, 3.8) is 0 Å². The van der Waals surface area contributed by atoms with Crippen molar-refractivity contribution in [2.24, 2.45) is 0 Å². The highest BCUT2D eigenvalue weighted by Crippen LogP contribution is 2.36. The average molecular weight is 418 g/mol. The summed E-state index contributed by atoms with van der Waals surface area (Å²) < 4.78 is 5.43. The number of ether oxygens (including phenoxy) is 1. The second kappa shape index (κ2) is 9.00. The third kappa shape index (κ3) is 4.80. The lowest BCUT2D eigenvalue weighted by Crippen LogP contribution is -2.54. The van der Waals surface area contributed by atoms with Gasteiger partial charge in [-0.25, -0.2) is 0 Å². The molecule has 0 saturated carbocycles. The van der Waals surface area contributed by atoms with E-state index in [1.165, 1.54) is 5.56 Å². The lowest BCUT2D eigenvalue weighted by molar-refractivity contribution is -0.00430. The molecule has 3 nitrogen and oxygen atoms in total. The second-order valence-corrected chi connectivity index (χ2v) is 9.48. The molecular weight excluding hydrogens is 390 g/mol. The smallest absolute Gasteiger partial charge is 0.182 e. The number of benzene rings is 2. The van der Waals surface area contributed by atoms with Gasteiger partial charge in [0.25, 0.3) is 0 Å². The van der Waals surface area contributed by atoms with Crippen LogP contribution in [0.3, 0.4) is 0 Å². The lowest BCUT2D eigenvalue weighted by atomic mass is 9.91. The monoisotopic (exact) mass is 417 g/mol. The van der Waals surface area contributed by atoms with Crippen LogP contribution in [0.5, 0.6) is 0 Å². The van der Waals surface area contributed by atoms with Crippen LogP contribution in [-0.4, -0.2) is 42.5 Å². The number of hydrogen-bond acceptors (Lipinski definition) is 4. The van der Waals surface area contributed by atoms with E-state index in [0.717, 1.165) is 33.5 Å². The van der Waals surface area contributed by atoms with Gasteiger partial charge < -0.3 is 4.74 Å². The van der Waals surface area contributed by atoms with Crippen LogP contribution in [0.4, 0.5) is 0 Å². The average Bonchev–Trinajstić information content (AvgIpc) is 2.69. The van der Waals surface area contributed by atoms with Crippen LogP contribution in [-0.2, 0) is 4.74 Å². The molecule has 3 rings (SSSR count). The van der Waals surface area contributed by atoms with E-state index in [0.29, 0.717) is 19.1 Å². The van der Waals surface area contributed by atoms with Gasteiger partial charge in [0.2, 0.25) is 0 Å². The highest BCUT2D eigenvalue weighted by atomic mass is 35.5. The number of hydrogen-bond donors (Lipinski definition) is 0. The lowest BCUT2D eigenvalue weighted by Gasteiger charge is -2.39. The number of Topliss-reactive ketones (excluding diaryl/α,β-unsaturated/α-hetero) is 1. The molecule has 0 N–H and O–H groups in total. The molecule has 1 saturated heterocycles. The second-order valence-electron chi connectivity index (χ2n) is 7.96. The Kier molecular flexibility index (Phi) is 6.87. The van der Waals surface area contributed by atoms with Gasteiger partial charge in [-0.2, -0.15) is 0 Å². The van der Waals surface area contributed by atoms with E-state index in [1.807, 2.05) is 44.2 Å². The third-order valence-corrected chi connectivity index (χ3v) is 6.79. The molecule has 0 unspecified atom stereocenters. The van der Waals surface area contributed by atoms with Crippen LogP contribution in [0, 0.1) is 0 Å². The van der Waals surface area contributed by atoms with E-state index in [9.17, 15) is 4.79 Å². The van der Waals surface area contributed by atoms with Crippen LogP contribution in [0.15, 0.2) is 52.3 Å². The number of carbonyl (C=O) groups excluding carboxylic acids is 1. The summed E-state index contributed by atoms with van der Waals surface area (Å²) >= 11 is 8.09. The molecule has 0 aliphatic carbocycles. The van der Waals surface area contributed by atoms with Crippen molar-refractivity contribution >= 4 is 29.1 Å². The summed E-state index contributed by atoms with van der Waals surface area (Å²) in [7, 11) is 0. The minimum Gasteiger partial charge on any atom is -0.379 e. The topological polar surface area (TPSA) is 29.5 Å². The van der Waals surface area contributed by atoms with Gasteiger partial charge >= 0.3 is 0 Å². The van der Waals surface area contributed by atoms with E-state index < -0.39 is 5.54 Å². The first kappa shape index (κ1) is 21.4. The van der Waals surface area contributed by atoms with Gasteiger partial charge in [0.15, 0.2) is 5.78 Å². The van der Waals surface area contributed by atoms with Gasteiger partial charge in [-0.05, 0) is 49.6 Å². The number of carbonyl (C=O) groups is 1. The van der Waals surface area contributed by atoms with Gasteiger partial charge in [-0.15, -0.1) is 0 Å². The third-order valence-electron chi connectivity index (χ3n) is 5.30. The molecule has 0 spiro atoms. The predicted molar refractivity (Wildman–Crippen MR) is 117 cm³/mol. The Labute approximate surface area is 177 Å². The minimum absolute atomic E-state index is 0.137. The van der Waals surface area contributed by atoms with E-state index in [-0.39, 0.29) is 5.78 Å². The van der Waals surface area contributed by atoms with Crippen molar-refractivity contribution < 1.29 is 9.53 Å². The zero-order valence-electron chi connectivity index (χ0n) is 17.0. The van der Waals surface area contributed by atoms with Crippen LogP contribution in [0.2, 0.25) is 5.02 Å². The highest BCUT2D eigenvalue weighted by Gasteiger charge is 2.36. The van der Waals surface area contributed by atoms with Gasteiger partial charge in [0.05, 0.1) is 23.8 Å². The van der Waals surface area contributed by atoms with Crippen molar-refractivity contribution in [1.82, 2.24) is 4.90 Å². The standard InChI is InChI=1S/C23H28ClNO2S/c1-16(2)17-8-9-21(20(24)15-17)28-19-7-5-6-18(14-19)22(26)23(3,4)25-10-12-27-13-11-25/h5-9,14-16H,10-13H2,1-4H3. The Bertz CT molecular complexity index is 844. The summed E-state index contributed by atoms with van der Waals surface area (Å²) in [5.41, 5.74) is 1.41. The highest BCUT2D eigenvalue weighted by molar-refractivity contribution is 7.99. The van der Waals surface area contributed by atoms with Crippen LogP contribution < -0.4 is 0 Å². The summed E-state index contributed by atoms with van der Waals surface area (Å²) in [4.78, 5) is 17.5. The molecule has 0 aromatic heterocycles. The molecule has 1 aliphatic rings. The number of morpholine rings is 1. The zero-order valence-corrected chi connectivity index (χ0v) is 18.6.